The monoisotopic (exact) mass is 632 g/mol. The van der Waals surface area contributed by atoms with Crippen molar-refractivity contribution in [3.8, 4) is 0 Å². The van der Waals surface area contributed by atoms with Gasteiger partial charge in [-0.2, -0.15) is 0 Å². The van der Waals surface area contributed by atoms with E-state index in [2.05, 4.69) is 190 Å². The molecular weight excluding hydrogens is 577 g/mol. The number of aryl methyl sites for hydroxylation is 2. The van der Waals surface area contributed by atoms with E-state index in [1.165, 1.54) is 49.0 Å². The summed E-state index contributed by atoms with van der Waals surface area (Å²) in [5.74, 6) is 0. The Kier molecular flexibility index (Phi) is 11.1. The Morgan fingerprint density at radius 3 is 1.74 bits per heavy atom. The second kappa shape index (κ2) is 13.9. The van der Waals surface area contributed by atoms with Gasteiger partial charge in [-0.15, -0.1) is 11.3 Å². The van der Waals surface area contributed by atoms with E-state index in [0.717, 1.165) is 11.4 Å². The number of fused-ring (bicyclic) bond motifs is 3. The lowest BCUT2D eigenvalue weighted by molar-refractivity contribution is 0.297. The van der Waals surface area contributed by atoms with Crippen molar-refractivity contribution in [1.29, 1.82) is 0 Å². The van der Waals surface area contributed by atoms with E-state index >= 15 is 0 Å². The average molecular weight is 633 g/mol. The van der Waals surface area contributed by atoms with Crippen LogP contribution in [0.2, 0.25) is 0 Å². The Balaban J connectivity index is 0.000000186. The highest BCUT2D eigenvalue weighted by atomic mass is 32.1. The molecule has 2 aliphatic rings. The van der Waals surface area contributed by atoms with Crippen LogP contribution in [0.3, 0.4) is 0 Å². The third kappa shape index (κ3) is 8.30. The molecule has 244 valence electrons. The fraction of sp³-hybridized carbons (Fsp3) is 0.349. The SMILES string of the molecule is C.C=C1c2ccc(C)cc2C=CN1C(C)(C)C.C=C1c2sccc2C=CN1C(C)(C)C.Cc1cc2ccccc2cc1C(C)(C)C. The standard InChI is InChI=1S/C15H19N.C15H18.C12H15NS.CH4/c1-11-6-7-14-12(2)16(15(3,4)5)9-8-13(14)10-11;1-11-9-12-7-5-6-8-13(12)10-14(11)15(2,3)4;1-9-11-10(6-8-14-11)5-7-13(9)12(2,3)4;/h6-10H,2H2,1,3-5H3;5-10H,1-4H3;5-8H,1H2,2-4H3;1H4. The summed E-state index contributed by atoms with van der Waals surface area (Å²) in [5.41, 5.74) is 10.5. The number of rotatable bonds is 0. The highest BCUT2D eigenvalue weighted by Crippen LogP contribution is 2.37. The molecule has 3 aromatic carbocycles. The van der Waals surface area contributed by atoms with Gasteiger partial charge in [0, 0.05) is 34.7 Å². The average Bonchev–Trinajstić information content (AvgIpc) is 3.42. The Bertz CT molecular complexity index is 1760. The fourth-order valence-electron chi connectivity index (χ4n) is 5.92. The molecule has 2 nitrogen and oxygen atoms in total. The molecule has 0 radical (unpaired) electrons. The fourth-order valence-corrected chi connectivity index (χ4v) is 6.77. The molecule has 1 aromatic heterocycles. The van der Waals surface area contributed by atoms with Gasteiger partial charge in [-0.1, -0.05) is 102 Å². The quantitative estimate of drug-likeness (QED) is 0.190. The van der Waals surface area contributed by atoms with Crippen molar-refractivity contribution >= 4 is 45.7 Å². The van der Waals surface area contributed by atoms with E-state index in [0.29, 0.717) is 0 Å². The summed E-state index contributed by atoms with van der Waals surface area (Å²) < 4.78 is 0. The first-order valence-corrected chi connectivity index (χ1v) is 16.8. The van der Waals surface area contributed by atoms with Crippen molar-refractivity contribution in [3.63, 3.8) is 0 Å². The molecule has 0 bridgehead atoms. The predicted molar refractivity (Wildman–Crippen MR) is 209 cm³/mol. The van der Waals surface area contributed by atoms with Gasteiger partial charge >= 0.3 is 0 Å². The summed E-state index contributed by atoms with van der Waals surface area (Å²) in [5, 5.41) is 4.79. The van der Waals surface area contributed by atoms with Crippen molar-refractivity contribution in [2.75, 3.05) is 0 Å². The maximum absolute atomic E-state index is 4.21. The van der Waals surface area contributed by atoms with Crippen LogP contribution in [-0.4, -0.2) is 20.9 Å². The minimum absolute atomic E-state index is 0. The lowest BCUT2D eigenvalue weighted by Crippen LogP contribution is -2.36. The maximum Gasteiger partial charge on any atom is 0.0574 e. The van der Waals surface area contributed by atoms with E-state index in [-0.39, 0.29) is 23.9 Å². The van der Waals surface area contributed by atoms with E-state index in [4.69, 9.17) is 0 Å². The molecule has 3 heteroatoms. The van der Waals surface area contributed by atoms with E-state index in [1.54, 1.807) is 11.3 Å². The maximum atomic E-state index is 4.21. The summed E-state index contributed by atoms with van der Waals surface area (Å²) in [4.78, 5) is 5.75. The molecule has 0 saturated heterocycles. The molecule has 0 saturated carbocycles. The first-order chi connectivity index (χ1) is 20.9. The summed E-state index contributed by atoms with van der Waals surface area (Å²) >= 11 is 1.76. The zero-order valence-electron chi connectivity index (χ0n) is 29.4. The van der Waals surface area contributed by atoms with E-state index in [1.807, 2.05) is 0 Å². The van der Waals surface area contributed by atoms with Gasteiger partial charge < -0.3 is 9.80 Å². The topological polar surface area (TPSA) is 6.48 Å². The molecule has 0 amide bonds. The van der Waals surface area contributed by atoms with E-state index < -0.39 is 0 Å². The molecule has 0 N–H and O–H groups in total. The Morgan fingerprint density at radius 2 is 1.17 bits per heavy atom. The van der Waals surface area contributed by atoms with Gasteiger partial charge in [0.15, 0.2) is 0 Å². The van der Waals surface area contributed by atoms with Gasteiger partial charge in [-0.25, -0.2) is 0 Å². The van der Waals surface area contributed by atoms with Crippen LogP contribution in [0.1, 0.15) is 108 Å². The van der Waals surface area contributed by atoms with Crippen LogP contribution in [0.4, 0.5) is 0 Å². The molecule has 4 aromatic rings. The second-order valence-corrected chi connectivity index (χ2v) is 16.1. The molecular formula is C43H56N2S. The zero-order valence-corrected chi connectivity index (χ0v) is 30.2. The van der Waals surface area contributed by atoms with Crippen molar-refractivity contribution in [2.24, 2.45) is 0 Å². The second-order valence-electron chi connectivity index (χ2n) is 15.2. The van der Waals surface area contributed by atoms with Crippen molar-refractivity contribution in [1.82, 2.24) is 9.80 Å². The van der Waals surface area contributed by atoms with Gasteiger partial charge in [0.1, 0.15) is 0 Å². The number of nitrogens with zero attached hydrogens (tertiary/aromatic N) is 2. The molecule has 6 rings (SSSR count). The van der Waals surface area contributed by atoms with Crippen LogP contribution in [0, 0.1) is 13.8 Å². The van der Waals surface area contributed by atoms with Crippen molar-refractivity contribution in [3.05, 3.63) is 130 Å². The molecule has 0 spiro atoms. The lowest BCUT2D eigenvalue weighted by Gasteiger charge is -2.38. The van der Waals surface area contributed by atoms with Gasteiger partial charge in [0.2, 0.25) is 0 Å². The predicted octanol–water partition coefficient (Wildman–Crippen LogP) is 12.9. The molecule has 46 heavy (non-hydrogen) atoms. The largest absolute Gasteiger partial charge is 0.343 e. The number of hydrogen-bond acceptors (Lipinski definition) is 3. The van der Waals surface area contributed by atoms with Crippen LogP contribution in [0.15, 0.2) is 91.6 Å². The Hall–Kier alpha value is -3.82. The summed E-state index contributed by atoms with van der Waals surface area (Å²) in [6, 6.07) is 21.8. The van der Waals surface area contributed by atoms with Crippen molar-refractivity contribution < 1.29 is 0 Å². The number of hydrogen-bond donors (Lipinski definition) is 0. The highest BCUT2D eigenvalue weighted by Gasteiger charge is 2.26. The van der Waals surface area contributed by atoms with Gasteiger partial charge in [-0.05, 0) is 117 Å². The van der Waals surface area contributed by atoms with Gasteiger partial charge in [-0.3, -0.25) is 0 Å². The minimum Gasteiger partial charge on any atom is -0.343 e. The van der Waals surface area contributed by atoms with Crippen LogP contribution < -0.4 is 0 Å². The first-order valence-electron chi connectivity index (χ1n) is 15.9. The number of benzene rings is 3. The molecule has 3 heterocycles. The third-order valence-electron chi connectivity index (χ3n) is 8.21. The smallest absolute Gasteiger partial charge is 0.0574 e. The lowest BCUT2D eigenvalue weighted by atomic mass is 9.83. The van der Waals surface area contributed by atoms with Crippen LogP contribution in [0.25, 0.3) is 34.3 Å². The normalized spacial score (nSPS) is 14.1. The van der Waals surface area contributed by atoms with Crippen LogP contribution in [0.5, 0.6) is 0 Å². The summed E-state index contributed by atoms with van der Waals surface area (Å²) in [7, 11) is 0. The highest BCUT2D eigenvalue weighted by molar-refractivity contribution is 7.11. The van der Waals surface area contributed by atoms with Crippen LogP contribution >= 0.6 is 11.3 Å². The minimum atomic E-state index is 0. The molecule has 2 aliphatic heterocycles. The molecule has 0 unspecified atom stereocenters. The molecule has 0 atom stereocenters. The Labute approximate surface area is 284 Å². The number of thiophene rings is 1. The van der Waals surface area contributed by atoms with E-state index in [9.17, 15) is 0 Å². The summed E-state index contributed by atoms with van der Waals surface area (Å²) in [6.07, 6.45) is 8.58. The zero-order chi connectivity index (χ0) is 33.3. The first kappa shape index (κ1) is 36.6. The molecule has 0 aliphatic carbocycles. The Morgan fingerprint density at radius 1 is 0.630 bits per heavy atom. The molecule has 0 fully saturated rings. The van der Waals surface area contributed by atoms with Gasteiger partial charge in [0.25, 0.3) is 0 Å². The van der Waals surface area contributed by atoms with Crippen LogP contribution in [-0.2, 0) is 5.41 Å². The third-order valence-corrected chi connectivity index (χ3v) is 9.19. The summed E-state index contributed by atoms with van der Waals surface area (Å²) in [6.45, 7) is 32.7. The van der Waals surface area contributed by atoms with Crippen molar-refractivity contribution in [2.45, 2.75) is 100 Å². The van der Waals surface area contributed by atoms with Gasteiger partial charge in [0.05, 0.1) is 10.6 Å².